The lowest BCUT2D eigenvalue weighted by atomic mass is 9.73. The number of hydrogen-bond acceptors (Lipinski definition) is 2. The van der Waals surface area contributed by atoms with Gasteiger partial charge in [-0.15, -0.1) is 0 Å². The molecular weight excluding hydrogens is 200 g/mol. The van der Waals surface area contributed by atoms with Crippen LogP contribution in [0.25, 0.3) is 0 Å². The first-order valence-corrected chi connectivity index (χ1v) is 6.87. The van der Waals surface area contributed by atoms with Gasteiger partial charge in [0.25, 0.3) is 0 Å². The van der Waals surface area contributed by atoms with Crippen molar-refractivity contribution < 1.29 is 9.47 Å². The number of methoxy groups -OCH3 is 1. The summed E-state index contributed by atoms with van der Waals surface area (Å²) in [5, 5.41) is 0. The van der Waals surface area contributed by atoms with Gasteiger partial charge in [0.15, 0.2) is 6.29 Å². The van der Waals surface area contributed by atoms with Crippen LogP contribution in [0.4, 0.5) is 0 Å². The maximum atomic E-state index is 6.10. The zero-order valence-electron chi connectivity index (χ0n) is 11.5. The molecule has 1 fully saturated rings. The molecule has 16 heavy (non-hydrogen) atoms. The summed E-state index contributed by atoms with van der Waals surface area (Å²) in [6, 6.07) is 0. The molecule has 0 aromatic heterocycles. The minimum Gasteiger partial charge on any atom is -0.356 e. The van der Waals surface area contributed by atoms with E-state index in [0.717, 1.165) is 18.8 Å². The summed E-state index contributed by atoms with van der Waals surface area (Å²) < 4.78 is 11.6. The highest BCUT2D eigenvalue weighted by Crippen LogP contribution is 2.40. The third-order valence-corrected chi connectivity index (χ3v) is 4.22. The topological polar surface area (TPSA) is 18.5 Å². The lowest BCUT2D eigenvalue weighted by Crippen LogP contribution is -2.47. The van der Waals surface area contributed by atoms with Crippen molar-refractivity contribution in [2.24, 2.45) is 17.8 Å². The first kappa shape index (κ1) is 14.0. The summed E-state index contributed by atoms with van der Waals surface area (Å²) in [6.45, 7) is 9.12. The van der Waals surface area contributed by atoms with E-state index < -0.39 is 0 Å². The summed E-state index contributed by atoms with van der Waals surface area (Å²) in [5.74, 6) is 1.99. The molecule has 1 rings (SSSR count). The van der Waals surface area contributed by atoms with Crippen molar-refractivity contribution in [3.05, 3.63) is 0 Å². The van der Waals surface area contributed by atoms with E-state index in [1.54, 1.807) is 7.11 Å². The molecule has 0 aliphatic carbocycles. The molecule has 0 saturated carbocycles. The Labute approximate surface area is 101 Å². The summed E-state index contributed by atoms with van der Waals surface area (Å²) >= 11 is 0. The number of hydrogen-bond donors (Lipinski definition) is 0. The van der Waals surface area contributed by atoms with Gasteiger partial charge in [0.05, 0.1) is 6.10 Å². The van der Waals surface area contributed by atoms with Crippen molar-refractivity contribution in [3.63, 3.8) is 0 Å². The zero-order chi connectivity index (χ0) is 12.1. The molecule has 0 spiro atoms. The van der Waals surface area contributed by atoms with Crippen LogP contribution in [-0.2, 0) is 9.47 Å². The molecule has 1 heterocycles. The molecule has 1 aliphatic rings. The molecule has 0 aromatic carbocycles. The Hall–Kier alpha value is -0.0800. The Morgan fingerprint density at radius 3 is 2.12 bits per heavy atom. The maximum absolute atomic E-state index is 6.10. The summed E-state index contributed by atoms with van der Waals surface area (Å²) in [6.07, 6.45) is 5.15. The molecule has 5 atom stereocenters. The van der Waals surface area contributed by atoms with Gasteiger partial charge < -0.3 is 9.47 Å². The Bertz CT molecular complexity index is 193. The molecule has 96 valence electrons. The molecule has 0 bridgehead atoms. The van der Waals surface area contributed by atoms with E-state index in [1.165, 1.54) is 12.8 Å². The van der Waals surface area contributed by atoms with Crippen LogP contribution in [0.1, 0.15) is 53.4 Å². The van der Waals surface area contributed by atoms with Gasteiger partial charge in [-0.1, -0.05) is 40.5 Å². The number of ether oxygens (including phenoxy) is 2. The fourth-order valence-corrected chi connectivity index (χ4v) is 3.28. The first-order valence-electron chi connectivity index (χ1n) is 6.87. The van der Waals surface area contributed by atoms with E-state index in [-0.39, 0.29) is 6.29 Å². The predicted molar refractivity (Wildman–Crippen MR) is 67.3 cm³/mol. The van der Waals surface area contributed by atoms with Gasteiger partial charge in [-0.3, -0.25) is 0 Å². The van der Waals surface area contributed by atoms with Crippen LogP contribution in [0.5, 0.6) is 0 Å². The van der Waals surface area contributed by atoms with Gasteiger partial charge in [-0.25, -0.2) is 0 Å². The molecule has 0 aromatic rings. The van der Waals surface area contributed by atoms with Gasteiger partial charge in [0.2, 0.25) is 0 Å². The second-order valence-corrected chi connectivity index (χ2v) is 5.07. The fourth-order valence-electron chi connectivity index (χ4n) is 3.28. The average Bonchev–Trinajstić information content (AvgIpc) is 2.31. The standard InChI is InChI=1S/C14H28O2/c1-6-9-13-10(4)11(7-2)12(8-3)14(15-5)16-13/h10-14H,6-9H2,1-5H3. The first-order chi connectivity index (χ1) is 7.69. The van der Waals surface area contributed by atoms with Gasteiger partial charge in [0.1, 0.15) is 0 Å². The van der Waals surface area contributed by atoms with Crippen LogP contribution in [-0.4, -0.2) is 19.5 Å². The van der Waals surface area contributed by atoms with E-state index in [0.29, 0.717) is 17.9 Å². The van der Waals surface area contributed by atoms with E-state index >= 15 is 0 Å². The molecule has 1 saturated heterocycles. The van der Waals surface area contributed by atoms with Gasteiger partial charge in [0, 0.05) is 13.0 Å². The molecule has 0 N–H and O–H groups in total. The molecular formula is C14H28O2. The lowest BCUT2D eigenvalue weighted by Gasteiger charge is -2.45. The molecule has 0 amide bonds. The van der Waals surface area contributed by atoms with E-state index in [2.05, 4.69) is 27.7 Å². The van der Waals surface area contributed by atoms with Gasteiger partial charge >= 0.3 is 0 Å². The molecule has 5 unspecified atom stereocenters. The molecule has 2 nitrogen and oxygen atoms in total. The van der Waals surface area contributed by atoms with Crippen LogP contribution in [0, 0.1) is 17.8 Å². The summed E-state index contributed by atoms with van der Waals surface area (Å²) in [5.41, 5.74) is 0. The Morgan fingerprint density at radius 1 is 1.06 bits per heavy atom. The van der Waals surface area contributed by atoms with Crippen LogP contribution in [0.15, 0.2) is 0 Å². The second kappa shape index (κ2) is 6.61. The Morgan fingerprint density at radius 2 is 1.69 bits per heavy atom. The minimum absolute atomic E-state index is 0.0164. The quantitative estimate of drug-likeness (QED) is 0.711. The number of rotatable bonds is 5. The highest BCUT2D eigenvalue weighted by Gasteiger charge is 2.41. The molecule has 2 heteroatoms. The average molecular weight is 228 g/mol. The van der Waals surface area contributed by atoms with Gasteiger partial charge in [-0.05, 0) is 24.7 Å². The van der Waals surface area contributed by atoms with Crippen molar-refractivity contribution in [2.45, 2.75) is 65.8 Å². The lowest BCUT2D eigenvalue weighted by molar-refractivity contribution is -0.245. The maximum Gasteiger partial charge on any atom is 0.160 e. The normalized spacial score (nSPS) is 39.9. The van der Waals surface area contributed by atoms with Crippen molar-refractivity contribution in [1.82, 2.24) is 0 Å². The Balaban J connectivity index is 2.76. The second-order valence-electron chi connectivity index (χ2n) is 5.07. The van der Waals surface area contributed by atoms with Crippen LogP contribution in [0.3, 0.4) is 0 Å². The zero-order valence-corrected chi connectivity index (χ0v) is 11.5. The molecule has 0 radical (unpaired) electrons. The predicted octanol–water partition coefficient (Wildman–Crippen LogP) is 3.85. The highest BCUT2D eigenvalue weighted by molar-refractivity contribution is 4.85. The fraction of sp³-hybridized carbons (Fsp3) is 1.00. The van der Waals surface area contributed by atoms with Crippen molar-refractivity contribution in [3.8, 4) is 0 Å². The van der Waals surface area contributed by atoms with Crippen LogP contribution >= 0.6 is 0 Å². The third-order valence-electron chi connectivity index (χ3n) is 4.22. The SMILES string of the molecule is CCCC1OC(OC)C(CC)C(CC)C1C. The summed E-state index contributed by atoms with van der Waals surface area (Å²) in [4.78, 5) is 0. The smallest absolute Gasteiger partial charge is 0.160 e. The van der Waals surface area contributed by atoms with E-state index in [4.69, 9.17) is 9.47 Å². The minimum atomic E-state index is 0.0164. The summed E-state index contributed by atoms with van der Waals surface area (Å²) in [7, 11) is 1.78. The highest BCUT2D eigenvalue weighted by atomic mass is 16.7. The van der Waals surface area contributed by atoms with Crippen molar-refractivity contribution in [2.75, 3.05) is 7.11 Å². The van der Waals surface area contributed by atoms with E-state index in [9.17, 15) is 0 Å². The van der Waals surface area contributed by atoms with E-state index in [1.807, 2.05) is 0 Å². The van der Waals surface area contributed by atoms with Crippen molar-refractivity contribution in [1.29, 1.82) is 0 Å². The third kappa shape index (κ3) is 2.78. The van der Waals surface area contributed by atoms with Gasteiger partial charge in [-0.2, -0.15) is 0 Å². The Kier molecular flexibility index (Phi) is 5.77. The monoisotopic (exact) mass is 228 g/mol. The van der Waals surface area contributed by atoms with Crippen molar-refractivity contribution >= 4 is 0 Å². The largest absolute Gasteiger partial charge is 0.356 e. The molecule has 1 aliphatic heterocycles. The van der Waals surface area contributed by atoms with Crippen LogP contribution < -0.4 is 0 Å². The van der Waals surface area contributed by atoms with Crippen LogP contribution in [0.2, 0.25) is 0 Å².